The van der Waals surface area contributed by atoms with Gasteiger partial charge in [-0.1, -0.05) is 18.2 Å². The monoisotopic (exact) mass is 408 g/mol. The smallest absolute Gasteiger partial charge is 0.284 e. The molecule has 1 aliphatic heterocycles. The van der Waals surface area contributed by atoms with Gasteiger partial charge >= 0.3 is 6.18 Å². The van der Waals surface area contributed by atoms with Crippen LogP contribution in [0.25, 0.3) is 16.1 Å². The van der Waals surface area contributed by atoms with E-state index in [2.05, 4.69) is 9.94 Å². The van der Waals surface area contributed by atoms with Crippen molar-refractivity contribution in [2.45, 2.75) is 19.5 Å². The minimum absolute atomic E-state index is 0.0495. The number of carbonyl (C=O) groups excluding carboxylic acids is 1. The van der Waals surface area contributed by atoms with Crippen LogP contribution in [0.4, 0.5) is 24.5 Å². The van der Waals surface area contributed by atoms with E-state index < -0.39 is 11.7 Å². The first kappa shape index (κ1) is 19.5. The second-order valence-electron chi connectivity index (χ2n) is 6.77. The van der Waals surface area contributed by atoms with E-state index in [4.69, 9.17) is 6.57 Å². The Labute approximate surface area is 170 Å². The number of amides is 1. The maximum atomic E-state index is 13.1. The summed E-state index contributed by atoms with van der Waals surface area (Å²) < 4.78 is 40.9. The average molecular weight is 408 g/mol. The highest BCUT2D eigenvalue weighted by Crippen LogP contribution is 2.38. The summed E-state index contributed by atoms with van der Waals surface area (Å²) in [5.74, 6) is -0.307. The lowest BCUT2D eigenvalue weighted by Crippen LogP contribution is -2.23. The van der Waals surface area contributed by atoms with E-state index in [-0.39, 0.29) is 18.0 Å². The van der Waals surface area contributed by atoms with Crippen LogP contribution in [0.3, 0.4) is 0 Å². The molecule has 1 aliphatic rings. The highest BCUT2D eigenvalue weighted by atomic mass is 19.4. The summed E-state index contributed by atoms with van der Waals surface area (Å²) in [5.41, 5.74) is 2.49. The maximum Gasteiger partial charge on any atom is 0.416 e. The third-order valence-corrected chi connectivity index (χ3v) is 4.96. The third kappa shape index (κ3) is 3.35. The molecule has 0 unspecified atom stereocenters. The number of alkyl halides is 3. The lowest BCUT2D eigenvalue weighted by molar-refractivity contribution is -0.137. The highest BCUT2D eigenvalue weighted by Gasteiger charge is 2.34. The van der Waals surface area contributed by atoms with E-state index in [0.717, 1.165) is 12.1 Å². The van der Waals surface area contributed by atoms with Crippen molar-refractivity contribution in [1.29, 1.82) is 0 Å². The predicted molar refractivity (Wildman–Crippen MR) is 106 cm³/mol. The summed E-state index contributed by atoms with van der Waals surface area (Å²) in [7, 11) is 0. The van der Waals surface area contributed by atoms with E-state index in [1.807, 2.05) is 0 Å². The van der Waals surface area contributed by atoms with Gasteiger partial charge in [0, 0.05) is 17.0 Å². The van der Waals surface area contributed by atoms with Crippen LogP contribution in [0.1, 0.15) is 24.6 Å². The quantitative estimate of drug-likeness (QED) is 0.529. The molecule has 0 spiro atoms. The Morgan fingerprint density at radius 3 is 2.47 bits per heavy atom. The number of carbonyl (C=O) groups is 1. The molecular formula is C22H15F3N4O. The van der Waals surface area contributed by atoms with Crippen molar-refractivity contribution in [2.24, 2.45) is 0 Å². The summed E-state index contributed by atoms with van der Waals surface area (Å²) in [5, 5.41) is 4.32. The number of hydrogen-bond donors (Lipinski definition) is 0. The largest absolute Gasteiger partial charge is 0.416 e. The fraction of sp³-hybridized carbons (Fsp3) is 0.136. The summed E-state index contributed by atoms with van der Waals surface area (Å²) in [6.07, 6.45) is -2.85. The maximum absolute atomic E-state index is 13.1. The number of benzene rings is 2. The lowest BCUT2D eigenvalue weighted by atomic mass is 10.1. The molecule has 4 rings (SSSR count). The topological polar surface area (TPSA) is 42.5 Å². The minimum atomic E-state index is -4.49. The Morgan fingerprint density at radius 1 is 1.07 bits per heavy atom. The van der Waals surface area contributed by atoms with Crippen LogP contribution in [0.15, 0.2) is 66.5 Å². The molecule has 0 aliphatic carbocycles. The second-order valence-corrected chi connectivity index (χ2v) is 6.77. The van der Waals surface area contributed by atoms with E-state index in [9.17, 15) is 18.0 Å². The SMILES string of the molecule is [C-]#[N+]c1ccc(-n2nccc2C2=C(C)N(c3cccc(C(F)(F)F)c3)C(=O)C2)cc1. The van der Waals surface area contributed by atoms with Gasteiger partial charge in [0.05, 0.1) is 36.1 Å². The first-order valence-corrected chi connectivity index (χ1v) is 9.02. The van der Waals surface area contributed by atoms with Crippen LogP contribution in [0, 0.1) is 6.57 Å². The van der Waals surface area contributed by atoms with Gasteiger partial charge in [-0.15, -0.1) is 0 Å². The summed E-state index contributed by atoms with van der Waals surface area (Å²) in [6.45, 7) is 8.76. The fourth-order valence-electron chi connectivity index (χ4n) is 3.52. The van der Waals surface area contributed by atoms with Crippen LogP contribution in [-0.4, -0.2) is 15.7 Å². The predicted octanol–water partition coefficient (Wildman–Crippen LogP) is 5.61. The van der Waals surface area contributed by atoms with Gasteiger partial charge in [-0.2, -0.15) is 18.3 Å². The van der Waals surface area contributed by atoms with Crippen LogP contribution < -0.4 is 4.90 Å². The van der Waals surface area contributed by atoms with Gasteiger partial charge in [0.25, 0.3) is 0 Å². The van der Waals surface area contributed by atoms with Gasteiger partial charge in [-0.05, 0) is 43.3 Å². The van der Waals surface area contributed by atoms with E-state index in [1.54, 1.807) is 48.1 Å². The molecule has 0 bridgehead atoms. The molecule has 150 valence electrons. The van der Waals surface area contributed by atoms with Crippen molar-refractivity contribution < 1.29 is 18.0 Å². The third-order valence-electron chi connectivity index (χ3n) is 4.96. The molecule has 0 fully saturated rings. The molecule has 5 nitrogen and oxygen atoms in total. The average Bonchev–Trinajstić information content (AvgIpc) is 3.31. The molecule has 2 aromatic carbocycles. The number of aromatic nitrogens is 2. The molecule has 8 heteroatoms. The Kier molecular flexibility index (Phi) is 4.66. The normalized spacial score (nSPS) is 14.4. The first-order valence-electron chi connectivity index (χ1n) is 9.02. The molecule has 0 atom stereocenters. The van der Waals surface area contributed by atoms with Crippen molar-refractivity contribution in [3.8, 4) is 5.69 Å². The molecule has 30 heavy (non-hydrogen) atoms. The van der Waals surface area contributed by atoms with Crippen LogP contribution in [-0.2, 0) is 11.0 Å². The van der Waals surface area contributed by atoms with Crippen LogP contribution >= 0.6 is 0 Å². The lowest BCUT2D eigenvalue weighted by Gasteiger charge is -2.20. The molecule has 0 saturated heterocycles. The number of hydrogen-bond acceptors (Lipinski definition) is 2. The van der Waals surface area contributed by atoms with E-state index in [1.165, 1.54) is 17.0 Å². The summed E-state index contributed by atoms with van der Waals surface area (Å²) >= 11 is 0. The zero-order valence-corrected chi connectivity index (χ0v) is 15.8. The number of rotatable bonds is 3. The number of nitrogens with zero attached hydrogens (tertiary/aromatic N) is 4. The van der Waals surface area contributed by atoms with Gasteiger partial charge in [-0.3, -0.25) is 9.69 Å². The van der Waals surface area contributed by atoms with Crippen molar-refractivity contribution in [1.82, 2.24) is 9.78 Å². The van der Waals surface area contributed by atoms with Crippen molar-refractivity contribution in [2.75, 3.05) is 4.90 Å². The molecule has 0 saturated carbocycles. The van der Waals surface area contributed by atoms with E-state index >= 15 is 0 Å². The van der Waals surface area contributed by atoms with Gasteiger partial charge in [-0.25, -0.2) is 9.53 Å². The number of halogens is 3. The van der Waals surface area contributed by atoms with Gasteiger partial charge in [0.2, 0.25) is 5.91 Å². The Morgan fingerprint density at radius 2 is 1.80 bits per heavy atom. The van der Waals surface area contributed by atoms with Crippen molar-refractivity contribution >= 4 is 22.9 Å². The molecule has 1 aromatic heterocycles. The molecule has 0 N–H and O–H groups in total. The Bertz CT molecular complexity index is 1200. The Hall–Kier alpha value is -3.86. The zero-order valence-electron chi connectivity index (χ0n) is 15.8. The molecule has 3 aromatic rings. The van der Waals surface area contributed by atoms with Crippen LogP contribution in [0.2, 0.25) is 0 Å². The molecule has 1 amide bonds. The fourth-order valence-corrected chi connectivity index (χ4v) is 3.52. The molecule has 0 radical (unpaired) electrons. The first-order chi connectivity index (χ1) is 14.3. The van der Waals surface area contributed by atoms with Gasteiger partial charge in [0.15, 0.2) is 5.69 Å². The zero-order chi connectivity index (χ0) is 21.5. The minimum Gasteiger partial charge on any atom is -0.284 e. The van der Waals surface area contributed by atoms with Gasteiger partial charge < -0.3 is 0 Å². The molecule has 2 heterocycles. The van der Waals surface area contributed by atoms with Gasteiger partial charge in [0.1, 0.15) is 0 Å². The molecular weight excluding hydrogens is 393 g/mol. The summed E-state index contributed by atoms with van der Waals surface area (Å²) in [6, 6.07) is 13.3. The Balaban J connectivity index is 1.75. The van der Waals surface area contributed by atoms with E-state index in [0.29, 0.717) is 28.3 Å². The summed E-state index contributed by atoms with van der Waals surface area (Å²) in [4.78, 5) is 17.4. The van der Waals surface area contributed by atoms with Crippen molar-refractivity contribution in [3.63, 3.8) is 0 Å². The van der Waals surface area contributed by atoms with Crippen LogP contribution in [0.5, 0.6) is 0 Å². The standard InChI is InChI=1S/C22H15F3N4O/c1-14-19(20-10-11-27-29(20)17-8-6-16(26-2)7-9-17)13-21(30)28(14)18-5-3-4-15(12-18)22(23,24)25/h3-12H,13H2,1H3. The number of allylic oxidation sites excluding steroid dienone is 1. The highest BCUT2D eigenvalue weighted by molar-refractivity contribution is 6.08. The second kappa shape index (κ2) is 7.19. The van der Waals surface area contributed by atoms with Crippen molar-refractivity contribution in [3.05, 3.63) is 89.2 Å². The number of anilines is 1.